The molecule has 2 N–H and O–H groups in total. The largest absolute Gasteiger partial charge is 0.372 e. The minimum Gasteiger partial charge on any atom is -0.372 e. The summed E-state index contributed by atoms with van der Waals surface area (Å²) in [6, 6.07) is 10.5. The van der Waals surface area contributed by atoms with Crippen molar-refractivity contribution in [3.8, 4) is 12.1 Å². The lowest BCUT2D eigenvalue weighted by Crippen LogP contribution is -2.48. The topological polar surface area (TPSA) is 84.1 Å². The molecule has 0 aromatic heterocycles. The van der Waals surface area contributed by atoms with Gasteiger partial charge in [-0.3, -0.25) is 10.2 Å². The van der Waals surface area contributed by atoms with Crippen LogP contribution < -0.4 is 10.6 Å². The summed E-state index contributed by atoms with van der Waals surface area (Å²) in [5.74, 6) is -0.958. The van der Waals surface area contributed by atoms with Gasteiger partial charge in [0.15, 0.2) is 5.92 Å². The predicted octanol–water partition coefficient (Wildman–Crippen LogP) is 1.60. The normalized spacial score (nSPS) is 20.9. The molecule has 1 saturated heterocycles. The van der Waals surface area contributed by atoms with Crippen LogP contribution in [0.5, 0.6) is 0 Å². The Morgan fingerprint density at radius 3 is 2.50 bits per heavy atom. The zero-order chi connectivity index (χ0) is 18.9. The fourth-order valence-electron chi connectivity index (χ4n) is 3.20. The Hall–Kier alpha value is -2.03. The van der Waals surface area contributed by atoms with Gasteiger partial charge in [-0.05, 0) is 44.6 Å². The summed E-state index contributed by atoms with van der Waals surface area (Å²) < 4.78 is 19.0. The first-order valence-corrected chi connectivity index (χ1v) is 8.84. The number of nitriles is 2. The summed E-state index contributed by atoms with van der Waals surface area (Å²) in [6.45, 7) is 2.16. The van der Waals surface area contributed by atoms with Crippen LogP contribution in [-0.2, 0) is 11.3 Å². The molecule has 0 aliphatic carbocycles. The molecular formula is C19H26FN5O. The van der Waals surface area contributed by atoms with Crippen LogP contribution in [0.15, 0.2) is 24.3 Å². The molecule has 7 heteroatoms. The summed E-state index contributed by atoms with van der Waals surface area (Å²) in [4.78, 5) is 2.17. The zero-order valence-electron chi connectivity index (χ0n) is 15.3. The van der Waals surface area contributed by atoms with E-state index in [1.54, 1.807) is 19.2 Å². The Balaban J connectivity index is 1.73. The highest BCUT2D eigenvalue weighted by atomic mass is 19.1. The SMILES string of the molecule is CNC(NC[C@@H]1CC[C@@H](CN(C)Cc2ccc(F)cc2)O1)C(C#N)C#N. The van der Waals surface area contributed by atoms with Gasteiger partial charge >= 0.3 is 0 Å². The fraction of sp³-hybridized carbons (Fsp3) is 0.579. The Morgan fingerprint density at radius 2 is 1.88 bits per heavy atom. The van der Waals surface area contributed by atoms with Crippen LogP contribution in [0.3, 0.4) is 0 Å². The van der Waals surface area contributed by atoms with E-state index in [1.165, 1.54) is 12.1 Å². The molecule has 0 radical (unpaired) electrons. The number of hydrogen-bond donors (Lipinski definition) is 2. The van der Waals surface area contributed by atoms with Gasteiger partial charge in [-0.2, -0.15) is 10.5 Å². The molecule has 1 unspecified atom stereocenters. The highest BCUT2D eigenvalue weighted by Gasteiger charge is 2.27. The molecule has 26 heavy (non-hydrogen) atoms. The van der Waals surface area contributed by atoms with Crippen LogP contribution in [0.2, 0.25) is 0 Å². The molecule has 6 nitrogen and oxygen atoms in total. The minimum absolute atomic E-state index is 0.0770. The minimum atomic E-state index is -0.737. The van der Waals surface area contributed by atoms with Gasteiger partial charge in [0.2, 0.25) is 0 Å². The van der Waals surface area contributed by atoms with Gasteiger partial charge in [0.25, 0.3) is 0 Å². The Labute approximate surface area is 154 Å². The lowest BCUT2D eigenvalue weighted by molar-refractivity contribution is 0.0248. The Morgan fingerprint density at radius 1 is 1.23 bits per heavy atom. The molecule has 1 aliphatic heterocycles. The molecule has 1 heterocycles. The maximum absolute atomic E-state index is 13.0. The van der Waals surface area contributed by atoms with Gasteiger partial charge in [-0.1, -0.05) is 12.1 Å². The van der Waals surface area contributed by atoms with Crippen molar-refractivity contribution in [1.29, 1.82) is 10.5 Å². The molecular weight excluding hydrogens is 333 g/mol. The second-order valence-electron chi connectivity index (χ2n) is 6.69. The first kappa shape index (κ1) is 20.3. The van der Waals surface area contributed by atoms with Crippen molar-refractivity contribution in [2.45, 2.75) is 37.8 Å². The average Bonchev–Trinajstić information content (AvgIpc) is 3.07. The second kappa shape index (κ2) is 10.2. The zero-order valence-corrected chi connectivity index (χ0v) is 15.3. The van der Waals surface area contributed by atoms with E-state index in [2.05, 4.69) is 15.5 Å². The third-order valence-corrected chi connectivity index (χ3v) is 4.56. The van der Waals surface area contributed by atoms with E-state index >= 15 is 0 Å². The summed E-state index contributed by atoms with van der Waals surface area (Å²) in [6.07, 6.45) is 1.79. The number of benzene rings is 1. The molecule has 1 aromatic rings. The van der Waals surface area contributed by atoms with Crippen LogP contribution in [0, 0.1) is 34.4 Å². The summed E-state index contributed by atoms with van der Waals surface area (Å²) in [5, 5.41) is 24.1. The molecule has 2 rings (SSSR count). The molecule has 140 valence electrons. The van der Waals surface area contributed by atoms with E-state index in [-0.39, 0.29) is 24.2 Å². The maximum Gasteiger partial charge on any atom is 0.161 e. The molecule has 1 aromatic carbocycles. The third-order valence-electron chi connectivity index (χ3n) is 4.56. The number of rotatable bonds is 9. The first-order valence-electron chi connectivity index (χ1n) is 8.84. The van der Waals surface area contributed by atoms with Crippen LogP contribution in [0.1, 0.15) is 18.4 Å². The standard InChI is InChI=1S/C19H26FN5O/c1-23-19(15(9-21)10-22)24-11-17-7-8-18(26-17)13-25(2)12-14-3-5-16(20)6-4-14/h3-6,15,17-19,23-24H,7-8,11-13H2,1-2H3/t17-,18-,19?/m0/s1. The van der Waals surface area contributed by atoms with Crippen LogP contribution in [0.4, 0.5) is 4.39 Å². The van der Waals surface area contributed by atoms with Gasteiger partial charge in [0.05, 0.1) is 30.5 Å². The summed E-state index contributed by atoms with van der Waals surface area (Å²) in [5.41, 5.74) is 1.07. The Kier molecular flexibility index (Phi) is 7.96. The van der Waals surface area contributed by atoms with Gasteiger partial charge in [0, 0.05) is 19.6 Å². The second-order valence-corrected chi connectivity index (χ2v) is 6.69. The van der Waals surface area contributed by atoms with E-state index in [0.717, 1.165) is 31.5 Å². The third kappa shape index (κ3) is 6.05. The maximum atomic E-state index is 13.0. The van der Waals surface area contributed by atoms with Crippen molar-refractivity contribution < 1.29 is 9.13 Å². The molecule has 1 fully saturated rings. The van der Waals surface area contributed by atoms with Crippen molar-refractivity contribution in [2.24, 2.45) is 5.92 Å². The fourth-order valence-corrected chi connectivity index (χ4v) is 3.20. The van der Waals surface area contributed by atoms with Crippen molar-refractivity contribution in [3.63, 3.8) is 0 Å². The van der Waals surface area contributed by atoms with Gasteiger partial charge in [-0.25, -0.2) is 4.39 Å². The van der Waals surface area contributed by atoms with E-state index in [4.69, 9.17) is 15.3 Å². The van der Waals surface area contributed by atoms with Gasteiger partial charge in [-0.15, -0.1) is 0 Å². The van der Waals surface area contributed by atoms with Crippen LogP contribution in [0.25, 0.3) is 0 Å². The smallest absolute Gasteiger partial charge is 0.161 e. The van der Waals surface area contributed by atoms with Crippen molar-refractivity contribution in [3.05, 3.63) is 35.6 Å². The van der Waals surface area contributed by atoms with E-state index in [9.17, 15) is 4.39 Å². The van der Waals surface area contributed by atoms with Crippen molar-refractivity contribution in [1.82, 2.24) is 15.5 Å². The number of ether oxygens (including phenoxy) is 1. The molecule has 0 bridgehead atoms. The van der Waals surface area contributed by atoms with Crippen molar-refractivity contribution in [2.75, 3.05) is 27.2 Å². The van der Waals surface area contributed by atoms with Crippen LogP contribution >= 0.6 is 0 Å². The molecule has 3 atom stereocenters. The molecule has 1 aliphatic rings. The highest BCUT2D eigenvalue weighted by molar-refractivity contribution is 5.15. The van der Waals surface area contributed by atoms with E-state index in [0.29, 0.717) is 6.54 Å². The first-order chi connectivity index (χ1) is 12.5. The highest BCUT2D eigenvalue weighted by Crippen LogP contribution is 2.20. The monoisotopic (exact) mass is 359 g/mol. The lowest BCUT2D eigenvalue weighted by atomic mass is 10.1. The van der Waals surface area contributed by atoms with Crippen molar-refractivity contribution >= 4 is 0 Å². The quantitative estimate of drug-likeness (QED) is 0.652. The predicted molar refractivity (Wildman–Crippen MR) is 96.2 cm³/mol. The Bertz CT molecular complexity index is 625. The van der Waals surface area contributed by atoms with E-state index in [1.807, 2.05) is 19.2 Å². The lowest BCUT2D eigenvalue weighted by Gasteiger charge is -2.23. The average molecular weight is 359 g/mol. The number of halogens is 1. The number of hydrogen-bond acceptors (Lipinski definition) is 6. The van der Waals surface area contributed by atoms with Crippen LogP contribution in [-0.4, -0.2) is 50.5 Å². The summed E-state index contributed by atoms with van der Waals surface area (Å²) >= 11 is 0. The number of nitrogens with zero attached hydrogens (tertiary/aromatic N) is 3. The molecule has 0 amide bonds. The van der Waals surface area contributed by atoms with Gasteiger partial charge < -0.3 is 10.1 Å². The van der Waals surface area contributed by atoms with Gasteiger partial charge in [0.1, 0.15) is 5.82 Å². The van der Waals surface area contributed by atoms with E-state index < -0.39 is 5.92 Å². The number of nitrogens with one attached hydrogen (secondary N) is 2. The number of likely N-dealkylation sites (N-methyl/N-ethyl adjacent to an activating group) is 1. The molecule has 0 spiro atoms. The molecule has 0 saturated carbocycles. The summed E-state index contributed by atoms with van der Waals surface area (Å²) in [7, 11) is 3.75.